The summed E-state index contributed by atoms with van der Waals surface area (Å²) in [5.74, 6) is 0.211. The lowest BCUT2D eigenvalue weighted by Gasteiger charge is -2.34. The molecule has 0 saturated carbocycles. The topological polar surface area (TPSA) is 56.4 Å². The van der Waals surface area contributed by atoms with Crippen LogP contribution in [0.4, 0.5) is 0 Å². The van der Waals surface area contributed by atoms with Gasteiger partial charge in [0.1, 0.15) is 0 Å². The van der Waals surface area contributed by atoms with E-state index in [-0.39, 0.29) is 17.1 Å². The number of carbonyl (C=O) groups is 2. The van der Waals surface area contributed by atoms with Crippen molar-refractivity contribution in [3.63, 3.8) is 0 Å². The third-order valence-corrected chi connectivity index (χ3v) is 5.47. The summed E-state index contributed by atoms with van der Waals surface area (Å²) in [5, 5.41) is 0. The Kier molecular flexibility index (Phi) is 5.75. The van der Waals surface area contributed by atoms with E-state index in [1.54, 1.807) is 0 Å². The average molecular weight is 382 g/mol. The first kappa shape index (κ1) is 20.3. The summed E-state index contributed by atoms with van der Waals surface area (Å²) < 4.78 is 0. The maximum absolute atomic E-state index is 12.8. The summed E-state index contributed by atoms with van der Waals surface area (Å²) in [6, 6.07) is 9.86. The van der Waals surface area contributed by atoms with Gasteiger partial charge in [0.25, 0.3) is 5.91 Å². The highest BCUT2D eigenvalue weighted by molar-refractivity contribution is 5.99. The molecule has 1 aromatic carbocycles. The molecule has 0 unspecified atom stereocenters. The largest absolute Gasteiger partial charge is 0.362 e. The Morgan fingerprint density at radius 1 is 1.00 bits per heavy atom. The van der Waals surface area contributed by atoms with E-state index < -0.39 is 0 Å². The van der Waals surface area contributed by atoms with Crippen molar-refractivity contribution in [2.24, 2.45) is 0 Å². The van der Waals surface area contributed by atoms with Crippen molar-refractivity contribution in [1.29, 1.82) is 0 Å². The van der Waals surface area contributed by atoms with Crippen LogP contribution in [0, 0.1) is 13.8 Å². The molecular weight excluding hydrogens is 350 g/mol. The van der Waals surface area contributed by atoms with E-state index in [2.05, 4.69) is 30.7 Å². The van der Waals surface area contributed by atoms with Crippen LogP contribution >= 0.6 is 0 Å². The monoisotopic (exact) mass is 381 g/mol. The van der Waals surface area contributed by atoms with Crippen molar-refractivity contribution in [1.82, 2.24) is 14.8 Å². The Morgan fingerprint density at radius 3 is 2.11 bits per heavy atom. The number of amides is 1. The molecule has 1 aromatic heterocycles. The van der Waals surface area contributed by atoms with Crippen molar-refractivity contribution < 1.29 is 9.59 Å². The second kappa shape index (κ2) is 7.92. The molecule has 5 nitrogen and oxygen atoms in total. The van der Waals surface area contributed by atoms with E-state index in [4.69, 9.17) is 0 Å². The van der Waals surface area contributed by atoms with Crippen LogP contribution in [0.3, 0.4) is 0 Å². The molecule has 150 valence electrons. The second-order valence-electron chi connectivity index (χ2n) is 8.81. The number of aromatic amines is 1. The molecule has 2 heterocycles. The Morgan fingerprint density at radius 2 is 1.61 bits per heavy atom. The fourth-order valence-electron chi connectivity index (χ4n) is 3.71. The number of Topliss-reactive ketones (excluding diaryl/α,β-unsaturated/α-hetero) is 1. The zero-order valence-corrected chi connectivity index (χ0v) is 17.6. The number of carbonyl (C=O) groups excluding carboxylic acids is 2. The maximum atomic E-state index is 12.8. The number of rotatable bonds is 4. The fraction of sp³-hybridized carbons (Fsp3) is 0.478. The summed E-state index contributed by atoms with van der Waals surface area (Å²) in [4.78, 5) is 32.6. The summed E-state index contributed by atoms with van der Waals surface area (Å²) in [6.07, 6.45) is 0. The Hall–Kier alpha value is -2.40. The molecule has 1 fully saturated rings. The van der Waals surface area contributed by atoms with E-state index in [9.17, 15) is 9.59 Å². The molecule has 0 spiro atoms. The van der Waals surface area contributed by atoms with E-state index in [0.29, 0.717) is 19.6 Å². The summed E-state index contributed by atoms with van der Waals surface area (Å²) in [7, 11) is 0. The molecule has 0 atom stereocenters. The molecule has 1 saturated heterocycles. The third-order valence-electron chi connectivity index (χ3n) is 5.47. The van der Waals surface area contributed by atoms with Gasteiger partial charge in [0.2, 0.25) is 0 Å². The molecule has 1 amide bonds. The minimum Gasteiger partial charge on any atom is -0.362 e. The molecule has 0 radical (unpaired) electrons. The summed E-state index contributed by atoms with van der Waals surface area (Å²) >= 11 is 0. The molecule has 28 heavy (non-hydrogen) atoms. The molecular formula is C23H31N3O2. The highest BCUT2D eigenvalue weighted by Gasteiger charge is 2.24. The van der Waals surface area contributed by atoms with Crippen LogP contribution in [0.2, 0.25) is 0 Å². The van der Waals surface area contributed by atoms with Crippen LogP contribution in [0.25, 0.3) is 0 Å². The molecule has 1 aliphatic heterocycles. The van der Waals surface area contributed by atoms with Crippen LogP contribution in [0.1, 0.15) is 58.4 Å². The Bertz CT molecular complexity index is 851. The SMILES string of the molecule is Cc1cc(C(=O)CN2CCN(C(=O)c3ccc(C(C)(C)C)cc3)CC2)c(C)[nH]1. The van der Waals surface area contributed by atoms with Crippen molar-refractivity contribution in [2.45, 2.75) is 40.0 Å². The number of aryl methyl sites for hydroxylation is 2. The minimum absolute atomic E-state index is 0.0727. The average Bonchev–Trinajstić information content (AvgIpc) is 2.99. The predicted octanol–water partition coefficient (Wildman–Crippen LogP) is 3.57. The van der Waals surface area contributed by atoms with Gasteiger partial charge in [0, 0.05) is 48.7 Å². The van der Waals surface area contributed by atoms with E-state index >= 15 is 0 Å². The Labute approximate surface area is 167 Å². The van der Waals surface area contributed by atoms with Crippen molar-refractivity contribution in [3.8, 4) is 0 Å². The number of nitrogens with zero attached hydrogens (tertiary/aromatic N) is 2. The number of benzene rings is 1. The number of aromatic nitrogens is 1. The molecule has 1 aliphatic rings. The number of H-pyrrole nitrogens is 1. The zero-order chi connectivity index (χ0) is 20.5. The van der Waals surface area contributed by atoms with Gasteiger partial charge in [-0.25, -0.2) is 0 Å². The smallest absolute Gasteiger partial charge is 0.253 e. The molecule has 5 heteroatoms. The van der Waals surface area contributed by atoms with Gasteiger partial charge in [0.05, 0.1) is 6.54 Å². The number of nitrogens with one attached hydrogen (secondary N) is 1. The van der Waals surface area contributed by atoms with Gasteiger partial charge < -0.3 is 9.88 Å². The van der Waals surface area contributed by atoms with Crippen LogP contribution < -0.4 is 0 Å². The van der Waals surface area contributed by atoms with Crippen LogP contribution in [-0.2, 0) is 5.41 Å². The van der Waals surface area contributed by atoms with Gasteiger partial charge in [-0.3, -0.25) is 14.5 Å². The highest BCUT2D eigenvalue weighted by atomic mass is 16.2. The lowest BCUT2D eigenvalue weighted by molar-refractivity contribution is 0.0624. The van der Waals surface area contributed by atoms with Crippen LogP contribution in [-0.4, -0.2) is 59.2 Å². The van der Waals surface area contributed by atoms with Gasteiger partial charge in [-0.2, -0.15) is 0 Å². The minimum atomic E-state index is 0.0727. The molecule has 0 aliphatic carbocycles. The number of piperazine rings is 1. The first-order valence-electron chi connectivity index (χ1n) is 9.97. The van der Waals surface area contributed by atoms with Gasteiger partial charge in [-0.1, -0.05) is 32.9 Å². The first-order valence-corrected chi connectivity index (χ1v) is 9.97. The van der Waals surface area contributed by atoms with Crippen molar-refractivity contribution in [3.05, 3.63) is 58.4 Å². The number of ketones is 1. The van der Waals surface area contributed by atoms with Gasteiger partial charge in [-0.15, -0.1) is 0 Å². The Balaban J connectivity index is 1.55. The third kappa shape index (κ3) is 4.53. The number of hydrogen-bond acceptors (Lipinski definition) is 3. The summed E-state index contributed by atoms with van der Waals surface area (Å²) in [6.45, 7) is 13.5. The van der Waals surface area contributed by atoms with E-state index in [0.717, 1.165) is 35.6 Å². The van der Waals surface area contributed by atoms with Crippen LogP contribution in [0.15, 0.2) is 30.3 Å². The normalized spacial score (nSPS) is 15.7. The number of hydrogen-bond donors (Lipinski definition) is 1. The molecule has 0 bridgehead atoms. The fourth-order valence-corrected chi connectivity index (χ4v) is 3.71. The van der Waals surface area contributed by atoms with E-state index in [1.165, 1.54) is 5.56 Å². The van der Waals surface area contributed by atoms with Crippen LogP contribution in [0.5, 0.6) is 0 Å². The highest BCUT2D eigenvalue weighted by Crippen LogP contribution is 2.22. The van der Waals surface area contributed by atoms with Crippen molar-refractivity contribution >= 4 is 11.7 Å². The van der Waals surface area contributed by atoms with Gasteiger partial charge in [-0.05, 0) is 43.0 Å². The predicted molar refractivity (Wildman–Crippen MR) is 112 cm³/mol. The lowest BCUT2D eigenvalue weighted by Crippen LogP contribution is -2.49. The maximum Gasteiger partial charge on any atom is 0.253 e. The van der Waals surface area contributed by atoms with Gasteiger partial charge in [0.15, 0.2) is 5.78 Å². The standard InChI is InChI=1S/C23H31N3O2/c1-16-14-20(17(2)24-16)21(27)15-25-10-12-26(13-11-25)22(28)18-6-8-19(9-7-18)23(3,4)5/h6-9,14,24H,10-13,15H2,1-5H3. The second-order valence-corrected chi connectivity index (χ2v) is 8.81. The molecule has 3 rings (SSSR count). The van der Waals surface area contributed by atoms with E-state index in [1.807, 2.05) is 49.1 Å². The lowest BCUT2D eigenvalue weighted by atomic mass is 9.86. The zero-order valence-electron chi connectivity index (χ0n) is 17.6. The molecule has 1 N–H and O–H groups in total. The van der Waals surface area contributed by atoms with Gasteiger partial charge >= 0.3 is 0 Å². The van der Waals surface area contributed by atoms with Crippen molar-refractivity contribution in [2.75, 3.05) is 32.7 Å². The quantitative estimate of drug-likeness (QED) is 0.824. The summed E-state index contributed by atoms with van der Waals surface area (Å²) in [5.41, 5.74) is 4.74. The first-order chi connectivity index (χ1) is 13.1. The molecule has 2 aromatic rings.